The Balaban J connectivity index is 1.28. The van der Waals surface area contributed by atoms with Crippen molar-refractivity contribution in [3.63, 3.8) is 0 Å². The van der Waals surface area contributed by atoms with Gasteiger partial charge in [0.15, 0.2) is 0 Å². The highest BCUT2D eigenvalue weighted by molar-refractivity contribution is 5.92. The minimum Gasteiger partial charge on any atom is -0.372 e. The molecule has 1 N–H and O–H groups in total. The lowest BCUT2D eigenvalue weighted by Gasteiger charge is -2.38. The molecule has 132 valence electrons. The van der Waals surface area contributed by atoms with Crippen LogP contribution in [0, 0.1) is 0 Å². The van der Waals surface area contributed by atoms with Gasteiger partial charge in [0.05, 0.1) is 24.9 Å². The zero-order valence-corrected chi connectivity index (χ0v) is 14.1. The van der Waals surface area contributed by atoms with Gasteiger partial charge in [0.1, 0.15) is 5.69 Å². The third-order valence-electron chi connectivity index (χ3n) is 5.08. The van der Waals surface area contributed by atoms with E-state index in [0.29, 0.717) is 32.0 Å². The van der Waals surface area contributed by atoms with Gasteiger partial charge < -0.3 is 14.4 Å². The van der Waals surface area contributed by atoms with Crippen molar-refractivity contribution >= 4 is 5.91 Å². The zero-order chi connectivity index (χ0) is 17.1. The Morgan fingerprint density at radius 2 is 2.24 bits per heavy atom. The number of piperidine rings is 1. The van der Waals surface area contributed by atoms with Crippen LogP contribution in [0.1, 0.15) is 35.3 Å². The van der Waals surface area contributed by atoms with Gasteiger partial charge in [-0.1, -0.05) is 6.07 Å². The smallest absolute Gasteiger partial charge is 0.271 e. The van der Waals surface area contributed by atoms with Crippen molar-refractivity contribution in [3.05, 3.63) is 48.0 Å². The number of carbonyl (C=O) groups is 1. The van der Waals surface area contributed by atoms with Gasteiger partial charge in [0.2, 0.25) is 0 Å². The molecule has 2 aromatic heterocycles. The quantitative estimate of drug-likeness (QED) is 0.916. The molecule has 1 atom stereocenters. The number of nitrogens with one attached hydrogen (secondary N) is 1. The highest BCUT2D eigenvalue weighted by Gasteiger charge is 2.44. The normalized spacial score (nSPS) is 22.4. The van der Waals surface area contributed by atoms with Crippen LogP contribution in [0.4, 0.5) is 0 Å². The Morgan fingerprint density at radius 1 is 1.36 bits per heavy atom. The second-order valence-electron chi connectivity index (χ2n) is 6.75. The van der Waals surface area contributed by atoms with Crippen LogP contribution < -0.4 is 0 Å². The minimum absolute atomic E-state index is 0.00900. The highest BCUT2D eigenvalue weighted by atomic mass is 16.6. The number of amides is 1. The van der Waals surface area contributed by atoms with Crippen molar-refractivity contribution in [1.29, 1.82) is 0 Å². The molecule has 1 spiro atoms. The molecule has 1 amide bonds. The maximum absolute atomic E-state index is 12.4. The molecule has 2 saturated heterocycles. The molecule has 25 heavy (non-hydrogen) atoms. The number of aromatic nitrogens is 3. The van der Waals surface area contributed by atoms with Crippen molar-refractivity contribution in [2.45, 2.75) is 37.6 Å². The van der Waals surface area contributed by atoms with Crippen LogP contribution in [-0.4, -0.2) is 57.4 Å². The Hall–Kier alpha value is -2.25. The largest absolute Gasteiger partial charge is 0.372 e. The van der Waals surface area contributed by atoms with E-state index in [2.05, 4.69) is 15.2 Å². The number of hydrogen-bond acceptors (Lipinski definition) is 5. The third-order valence-corrected chi connectivity index (χ3v) is 5.08. The monoisotopic (exact) mass is 342 g/mol. The summed E-state index contributed by atoms with van der Waals surface area (Å²) in [5.41, 5.74) is 1.47. The number of aromatic amines is 1. The molecular formula is C18H22N4O3. The van der Waals surface area contributed by atoms with Crippen LogP contribution in [0.2, 0.25) is 0 Å². The summed E-state index contributed by atoms with van der Waals surface area (Å²) in [6.45, 7) is 2.58. The standard InChI is InChI=1S/C18H22N4O3/c23-17(16-3-7-20-21-16)22-8-4-18(5-9-22)10-15(13-25-18)24-12-14-2-1-6-19-11-14/h1-3,6-7,11,15H,4-5,8-10,12-13H2,(H,20,21). The van der Waals surface area contributed by atoms with Gasteiger partial charge in [0.25, 0.3) is 5.91 Å². The molecule has 2 fully saturated rings. The molecule has 2 aliphatic rings. The summed E-state index contributed by atoms with van der Waals surface area (Å²) in [5.74, 6) is 0.00900. The number of rotatable bonds is 4. The SMILES string of the molecule is O=C(c1ccn[nH]1)N1CCC2(CC1)CC(OCc1cccnc1)CO2. The maximum atomic E-state index is 12.4. The Labute approximate surface area is 146 Å². The lowest BCUT2D eigenvalue weighted by molar-refractivity contribution is -0.0413. The van der Waals surface area contributed by atoms with E-state index in [1.807, 2.05) is 23.2 Å². The molecule has 7 heteroatoms. The average molecular weight is 342 g/mol. The number of likely N-dealkylation sites (tertiary alicyclic amines) is 1. The van der Waals surface area contributed by atoms with Crippen LogP contribution in [0.15, 0.2) is 36.8 Å². The average Bonchev–Trinajstić information content (AvgIpc) is 3.32. The Bertz CT molecular complexity index is 696. The van der Waals surface area contributed by atoms with Gasteiger partial charge in [-0.2, -0.15) is 5.10 Å². The lowest BCUT2D eigenvalue weighted by atomic mass is 9.88. The predicted octanol–water partition coefficient (Wildman–Crippen LogP) is 1.79. The van der Waals surface area contributed by atoms with Crippen molar-refractivity contribution in [2.75, 3.05) is 19.7 Å². The molecule has 0 radical (unpaired) electrons. The van der Waals surface area contributed by atoms with E-state index in [1.54, 1.807) is 18.5 Å². The van der Waals surface area contributed by atoms with E-state index in [-0.39, 0.29) is 17.6 Å². The number of H-pyrrole nitrogens is 1. The summed E-state index contributed by atoms with van der Waals surface area (Å²) in [6.07, 6.45) is 7.87. The summed E-state index contributed by atoms with van der Waals surface area (Å²) in [7, 11) is 0. The Kier molecular flexibility index (Phi) is 4.50. The fourth-order valence-corrected chi connectivity index (χ4v) is 3.62. The lowest BCUT2D eigenvalue weighted by Crippen LogP contribution is -2.46. The molecule has 1 unspecified atom stereocenters. The van der Waals surface area contributed by atoms with Crippen molar-refractivity contribution in [1.82, 2.24) is 20.1 Å². The molecule has 0 aromatic carbocycles. The fraction of sp³-hybridized carbons (Fsp3) is 0.500. The summed E-state index contributed by atoms with van der Waals surface area (Å²) >= 11 is 0. The van der Waals surface area contributed by atoms with Crippen LogP contribution >= 0.6 is 0 Å². The number of pyridine rings is 1. The van der Waals surface area contributed by atoms with E-state index in [4.69, 9.17) is 9.47 Å². The molecule has 4 rings (SSSR count). The molecule has 7 nitrogen and oxygen atoms in total. The summed E-state index contributed by atoms with van der Waals surface area (Å²) in [5, 5.41) is 6.58. The molecular weight excluding hydrogens is 320 g/mol. The first-order valence-electron chi connectivity index (χ1n) is 8.67. The number of ether oxygens (including phenoxy) is 2. The maximum Gasteiger partial charge on any atom is 0.271 e. The van der Waals surface area contributed by atoms with Gasteiger partial charge in [0, 0.05) is 38.1 Å². The molecule has 2 aromatic rings. The van der Waals surface area contributed by atoms with E-state index in [1.165, 1.54) is 0 Å². The van der Waals surface area contributed by atoms with Crippen LogP contribution in [0.5, 0.6) is 0 Å². The van der Waals surface area contributed by atoms with Gasteiger partial charge in [-0.15, -0.1) is 0 Å². The van der Waals surface area contributed by atoms with Crippen LogP contribution in [0.3, 0.4) is 0 Å². The summed E-state index contributed by atoms with van der Waals surface area (Å²) in [4.78, 5) is 18.3. The number of hydrogen-bond donors (Lipinski definition) is 1. The second-order valence-corrected chi connectivity index (χ2v) is 6.75. The predicted molar refractivity (Wildman–Crippen MR) is 89.8 cm³/mol. The van der Waals surface area contributed by atoms with Crippen molar-refractivity contribution in [3.8, 4) is 0 Å². The first-order valence-corrected chi connectivity index (χ1v) is 8.67. The summed E-state index contributed by atoms with van der Waals surface area (Å²) < 4.78 is 12.1. The van der Waals surface area contributed by atoms with Crippen molar-refractivity contribution in [2.24, 2.45) is 0 Å². The van der Waals surface area contributed by atoms with Gasteiger partial charge >= 0.3 is 0 Å². The van der Waals surface area contributed by atoms with Gasteiger partial charge in [-0.25, -0.2) is 0 Å². The van der Waals surface area contributed by atoms with Gasteiger partial charge in [-0.05, 0) is 30.5 Å². The highest BCUT2D eigenvalue weighted by Crippen LogP contribution is 2.37. The first kappa shape index (κ1) is 16.2. The molecule has 0 aliphatic carbocycles. The molecule has 0 saturated carbocycles. The molecule has 4 heterocycles. The molecule has 0 bridgehead atoms. The molecule has 2 aliphatic heterocycles. The second kappa shape index (κ2) is 6.93. The number of carbonyl (C=O) groups excluding carboxylic acids is 1. The van der Waals surface area contributed by atoms with E-state index < -0.39 is 0 Å². The minimum atomic E-state index is -0.148. The van der Waals surface area contributed by atoms with E-state index in [0.717, 1.165) is 24.8 Å². The Morgan fingerprint density at radius 3 is 2.96 bits per heavy atom. The van der Waals surface area contributed by atoms with E-state index in [9.17, 15) is 4.79 Å². The first-order chi connectivity index (χ1) is 12.2. The van der Waals surface area contributed by atoms with Crippen LogP contribution in [0.25, 0.3) is 0 Å². The number of nitrogens with zero attached hydrogens (tertiary/aromatic N) is 3. The fourth-order valence-electron chi connectivity index (χ4n) is 3.62. The van der Waals surface area contributed by atoms with Crippen LogP contribution in [-0.2, 0) is 16.1 Å². The van der Waals surface area contributed by atoms with Crippen molar-refractivity contribution < 1.29 is 14.3 Å². The van der Waals surface area contributed by atoms with E-state index >= 15 is 0 Å². The van der Waals surface area contributed by atoms with Gasteiger partial charge in [-0.3, -0.25) is 14.9 Å². The summed E-state index contributed by atoms with van der Waals surface area (Å²) in [6, 6.07) is 5.64. The zero-order valence-electron chi connectivity index (χ0n) is 14.1. The third kappa shape index (κ3) is 3.57. The topological polar surface area (TPSA) is 80.3 Å².